The predicted octanol–water partition coefficient (Wildman–Crippen LogP) is 3.67. The summed E-state index contributed by atoms with van der Waals surface area (Å²) in [5.41, 5.74) is 8.77. The van der Waals surface area contributed by atoms with E-state index in [1.165, 1.54) is 19.3 Å². The first-order valence-electron chi connectivity index (χ1n) is 7.13. The molecule has 0 amide bonds. The van der Waals surface area contributed by atoms with Crippen molar-refractivity contribution in [2.24, 2.45) is 11.8 Å². The van der Waals surface area contributed by atoms with Crippen molar-refractivity contribution in [2.75, 3.05) is 17.6 Å². The van der Waals surface area contributed by atoms with Crippen LogP contribution in [0.4, 0.5) is 11.4 Å². The minimum atomic E-state index is 0.746. The second-order valence-corrected chi connectivity index (χ2v) is 5.65. The minimum absolute atomic E-state index is 0.746. The number of nitrogens with zero attached hydrogens (tertiary/aromatic N) is 1. The molecule has 1 aliphatic carbocycles. The van der Waals surface area contributed by atoms with Crippen LogP contribution in [-0.4, -0.2) is 11.5 Å². The lowest BCUT2D eigenvalue weighted by molar-refractivity contribution is 0.440. The fraction of sp³-hybridized carbons (Fsp3) is 0.438. The predicted molar refractivity (Wildman–Crippen MR) is 81.2 cm³/mol. The average Bonchev–Trinajstić information content (AvgIpc) is 2.82. The molecule has 19 heavy (non-hydrogen) atoms. The summed E-state index contributed by atoms with van der Waals surface area (Å²) in [5, 5.41) is 4.71. The summed E-state index contributed by atoms with van der Waals surface area (Å²) < 4.78 is 0. The maximum absolute atomic E-state index is 5.98. The Morgan fingerprint density at radius 1 is 1.32 bits per heavy atom. The summed E-state index contributed by atoms with van der Waals surface area (Å²) in [7, 11) is 0. The van der Waals surface area contributed by atoms with Crippen LogP contribution in [0.1, 0.15) is 26.2 Å². The SMILES string of the molecule is CC1CCCC1CNc1ccnc2c(N)cccc12. The van der Waals surface area contributed by atoms with Gasteiger partial charge in [-0.1, -0.05) is 31.9 Å². The highest BCUT2D eigenvalue weighted by molar-refractivity contribution is 5.97. The maximum atomic E-state index is 5.98. The molecule has 0 bridgehead atoms. The number of pyridine rings is 1. The Morgan fingerprint density at radius 3 is 3.00 bits per heavy atom. The van der Waals surface area contributed by atoms with E-state index in [1.54, 1.807) is 0 Å². The van der Waals surface area contributed by atoms with Gasteiger partial charge in [0.15, 0.2) is 0 Å². The number of nitrogens with two attached hydrogens (primary N) is 1. The molecule has 1 fully saturated rings. The van der Waals surface area contributed by atoms with E-state index in [-0.39, 0.29) is 0 Å². The Morgan fingerprint density at radius 2 is 2.21 bits per heavy atom. The average molecular weight is 255 g/mol. The Balaban J connectivity index is 1.83. The van der Waals surface area contributed by atoms with E-state index in [4.69, 9.17) is 5.73 Å². The molecule has 0 radical (unpaired) electrons. The lowest BCUT2D eigenvalue weighted by Gasteiger charge is -2.17. The molecular weight excluding hydrogens is 234 g/mol. The summed E-state index contributed by atoms with van der Waals surface area (Å²) in [5.74, 6) is 1.63. The second-order valence-electron chi connectivity index (χ2n) is 5.65. The van der Waals surface area contributed by atoms with E-state index in [0.29, 0.717) is 0 Å². The summed E-state index contributed by atoms with van der Waals surface area (Å²) >= 11 is 0. The first-order valence-corrected chi connectivity index (χ1v) is 7.13. The van der Waals surface area contributed by atoms with Gasteiger partial charge in [-0.25, -0.2) is 0 Å². The molecule has 2 aromatic rings. The summed E-state index contributed by atoms with van der Waals surface area (Å²) in [6.07, 6.45) is 5.92. The number of hydrogen-bond acceptors (Lipinski definition) is 3. The van der Waals surface area contributed by atoms with Crippen molar-refractivity contribution in [1.82, 2.24) is 4.98 Å². The normalized spacial score (nSPS) is 22.8. The lowest BCUT2D eigenvalue weighted by atomic mass is 9.98. The van der Waals surface area contributed by atoms with E-state index in [1.807, 2.05) is 24.4 Å². The van der Waals surface area contributed by atoms with Crippen LogP contribution in [-0.2, 0) is 0 Å². The molecule has 1 saturated carbocycles. The smallest absolute Gasteiger partial charge is 0.0951 e. The number of aromatic nitrogens is 1. The zero-order valence-corrected chi connectivity index (χ0v) is 11.4. The molecule has 2 unspecified atom stereocenters. The quantitative estimate of drug-likeness (QED) is 0.823. The fourth-order valence-electron chi connectivity index (χ4n) is 3.12. The van der Waals surface area contributed by atoms with Gasteiger partial charge in [-0.05, 0) is 30.4 Å². The van der Waals surface area contributed by atoms with Gasteiger partial charge >= 0.3 is 0 Å². The van der Waals surface area contributed by atoms with E-state index in [2.05, 4.69) is 23.3 Å². The van der Waals surface area contributed by atoms with Crippen LogP contribution in [0.5, 0.6) is 0 Å². The third-order valence-electron chi connectivity index (χ3n) is 4.40. The highest BCUT2D eigenvalue weighted by atomic mass is 14.9. The van der Waals surface area contributed by atoms with Gasteiger partial charge in [0.1, 0.15) is 0 Å². The van der Waals surface area contributed by atoms with Crippen LogP contribution < -0.4 is 11.1 Å². The number of nitrogens with one attached hydrogen (secondary N) is 1. The first-order chi connectivity index (χ1) is 9.25. The number of benzene rings is 1. The molecule has 0 aliphatic heterocycles. The van der Waals surface area contributed by atoms with Gasteiger partial charge < -0.3 is 11.1 Å². The Bertz CT molecular complexity index is 579. The molecule has 3 N–H and O–H groups in total. The standard InChI is InChI=1S/C16H21N3/c1-11-4-2-5-12(11)10-19-15-8-9-18-16-13(15)6-3-7-14(16)17/h3,6-9,11-12H,2,4-5,10,17H2,1H3,(H,18,19). The van der Waals surface area contributed by atoms with Gasteiger partial charge in [0.05, 0.1) is 11.2 Å². The number of hydrogen-bond donors (Lipinski definition) is 2. The highest BCUT2D eigenvalue weighted by Crippen LogP contribution is 2.32. The summed E-state index contributed by atoms with van der Waals surface area (Å²) in [4.78, 5) is 4.37. The number of fused-ring (bicyclic) bond motifs is 1. The Kier molecular flexibility index (Phi) is 3.28. The van der Waals surface area contributed by atoms with Crippen LogP contribution in [0, 0.1) is 11.8 Å². The van der Waals surface area contributed by atoms with Gasteiger partial charge in [-0.2, -0.15) is 0 Å². The Hall–Kier alpha value is -1.77. The van der Waals surface area contributed by atoms with Crippen LogP contribution in [0.2, 0.25) is 0 Å². The van der Waals surface area contributed by atoms with Crippen molar-refractivity contribution >= 4 is 22.3 Å². The van der Waals surface area contributed by atoms with Gasteiger partial charge in [-0.3, -0.25) is 4.98 Å². The van der Waals surface area contributed by atoms with E-state index in [0.717, 1.165) is 40.7 Å². The van der Waals surface area contributed by atoms with Crippen LogP contribution in [0.25, 0.3) is 10.9 Å². The Labute approximate surface area is 114 Å². The van der Waals surface area contributed by atoms with Crippen molar-refractivity contribution in [3.05, 3.63) is 30.5 Å². The van der Waals surface area contributed by atoms with Crippen LogP contribution in [0.3, 0.4) is 0 Å². The monoisotopic (exact) mass is 255 g/mol. The molecule has 3 heteroatoms. The molecule has 0 spiro atoms. The maximum Gasteiger partial charge on any atom is 0.0951 e. The number of para-hydroxylation sites is 1. The number of rotatable bonds is 3. The molecule has 3 rings (SSSR count). The molecule has 1 aromatic carbocycles. The number of anilines is 2. The zero-order chi connectivity index (χ0) is 13.2. The van der Waals surface area contributed by atoms with Crippen molar-refractivity contribution < 1.29 is 0 Å². The lowest BCUT2D eigenvalue weighted by Crippen LogP contribution is -2.16. The van der Waals surface area contributed by atoms with Gasteiger partial charge in [0.2, 0.25) is 0 Å². The van der Waals surface area contributed by atoms with Crippen molar-refractivity contribution in [2.45, 2.75) is 26.2 Å². The zero-order valence-electron chi connectivity index (χ0n) is 11.4. The largest absolute Gasteiger partial charge is 0.397 e. The van der Waals surface area contributed by atoms with E-state index in [9.17, 15) is 0 Å². The molecule has 1 heterocycles. The van der Waals surface area contributed by atoms with Crippen molar-refractivity contribution in [3.63, 3.8) is 0 Å². The number of nitrogen functional groups attached to an aromatic ring is 1. The molecule has 0 saturated heterocycles. The summed E-state index contributed by atoms with van der Waals surface area (Å²) in [6, 6.07) is 8.02. The molecule has 100 valence electrons. The van der Waals surface area contributed by atoms with Gasteiger partial charge in [0, 0.05) is 23.8 Å². The molecular formula is C16H21N3. The first kappa shape index (κ1) is 12.3. The molecule has 1 aliphatic rings. The third kappa shape index (κ3) is 2.37. The minimum Gasteiger partial charge on any atom is -0.397 e. The highest BCUT2D eigenvalue weighted by Gasteiger charge is 2.22. The van der Waals surface area contributed by atoms with Crippen LogP contribution >= 0.6 is 0 Å². The molecule has 2 atom stereocenters. The van der Waals surface area contributed by atoms with Gasteiger partial charge in [0.25, 0.3) is 0 Å². The third-order valence-corrected chi connectivity index (χ3v) is 4.40. The fourth-order valence-corrected chi connectivity index (χ4v) is 3.12. The van der Waals surface area contributed by atoms with Gasteiger partial charge in [-0.15, -0.1) is 0 Å². The second kappa shape index (κ2) is 5.08. The van der Waals surface area contributed by atoms with Crippen LogP contribution in [0.15, 0.2) is 30.5 Å². The van der Waals surface area contributed by atoms with Crippen molar-refractivity contribution in [3.8, 4) is 0 Å². The summed E-state index contributed by atoms with van der Waals surface area (Å²) in [6.45, 7) is 3.41. The van der Waals surface area contributed by atoms with Crippen molar-refractivity contribution in [1.29, 1.82) is 0 Å². The molecule has 3 nitrogen and oxygen atoms in total. The molecule has 1 aromatic heterocycles. The van der Waals surface area contributed by atoms with E-state index >= 15 is 0 Å². The van der Waals surface area contributed by atoms with E-state index < -0.39 is 0 Å². The topological polar surface area (TPSA) is 50.9 Å².